The third kappa shape index (κ3) is 2.79. The summed E-state index contributed by atoms with van der Waals surface area (Å²) >= 11 is 13.1. The molecule has 22 heavy (non-hydrogen) atoms. The second kappa shape index (κ2) is 6.20. The average molecular weight is 353 g/mol. The van der Waals surface area contributed by atoms with Crippen LogP contribution in [0.2, 0.25) is 10.0 Å². The van der Waals surface area contributed by atoms with Crippen LogP contribution in [0, 0.1) is 0 Å². The molecule has 0 aliphatic carbocycles. The van der Waals surface area contributed by atoms with Crippen LogP contribution in [0.1, 0.15) is 0 Å². The van der Waals surface area contributed by atoms with Gasteiger partial charge >= 0.3 is 0 Å². The van der Waals surface area contributed by atoms with Crippen molar-refractivity contribution >= 4 is 57.5 Å². The molecule has 1 aliphatic rings. The van der Waals surface area contributed by atoms with Crippen LogP contribution in [-0.2, 0) is 4.79 Å². The fourth-order valence-electron chi connectivity index (χ4n) is 2.08. The van der Waals surface area contributed by atoms with Crippen molar-refractivity contribution in [3.63, 3.8) is 0 Å². The molecule has 1 fully saturated rings. The predicted molar refractivity (Wildman–Crippen MR) is 90.8 cm³/mol. The lowest BCUT2D eigenvalue weighted by Gasteiger charge is -2.16. The summed E-state index contributed by atoms with van der Waals surface area (Å²) in [6, 6.07) is 13.8. The molecule has 1 heterocycles. The topological polar surface area (TPSA) is 49.4 Å². The second-order valence-electron chi connectivity index (χ2n) is 4.51. The van der Waals surface area contributed by atoms with Gasteiger partial charge in [-0.3, -0.25) is 9.59 Å². The van der Waals surface area contributed by atoms with Gasteiger partial charge in [0.15, 0.2) is 5.37 Å². The van der Waals surface area contributed by atoms with Gasteiger partial charge in [-0.25, -0.2) is 4.90 Å². The SMILES string of the molecule is O=C1SC(Nc2c(Cl)cccc2Cl)C(=O)N1c1ccccc1. The Morgan fingerprint density at radius 2 is 1.59 bits per heavy atom. The van der Waals surface area contributed by atoms with E-state index in [9.17, 15) is 9.59 Å². The van der Waals surface area contributed by atoms with Crippen LogP contribution in [-0.4, -0.2) is 16.5 Å². The number of imide groups is 1. The van der Waals surface area contributed by atoms with Gasteiger partial charge in [-0.05, 0) is 36.0 Å². The van der Waals surface area contributed by atoms with E-state index in [-0.39, 0.29) is 11.1 Å². The maximum atomic E-state index is 12.5. The molecule has 2 amide bonds. The highest BCUT2D eigenvalue weighted by Crippen LogP contribution is 2.36. The first-order chi connectivity index (χ1) is 10.6. The number of thioether (sulfide) groups is 1. The molecule has 1 saturated heterocycles. The number of hydrogen-bond donors (Lipinski definition) is 1. The van der Waals surface area contributed by atoms with Crippen molar-refractivity contribution in [3.8, 4) is 0 Å². The molecule has 0 radical (unpaired) electrons. The van der Waals surface area contributed by atoms with Gasteiger partial charge in [0.2, 0.25) is 0 Å². The van der Waals surface area contributed by atoms with Crippen molar-refractivity contribution in [1.82, 2.24) is 0 Å². The highest BCUT2D eigenvalue weighted by molar-refractivity contribution is 8.16. The Balaban J connectivity index is 1.86. The number of halogens is 2. The number of amides is 2. The molecular formula is C15H10Cl2N2O2S. The molecule has 0 bridgehead atoms. The van der Waals surface area contributed by atoms with Crippen LogP contribution in [0.5, 0.6) is 0 Å². The molecule has 112 valence electrons. The lowest BCUT2D eigenvalue weighted by molar-refractivity contribution is -0.116. The molecule has 2 aromatic carbocycles. The lowest BCUT2D eigenvalue weighted by Crippen LogP contribution is -2.34. The molecule has 2 aromatic rings. The van der Waals surface area contributed by atoms with E-state index in [0.717, 1.165) is 16.7 Å². The number of rotatable bonds is 3. The minimum atomic E-state index is -0.759. The monoisotopic (exact) mass is 352 g/mol. The molecule has 1 aliphatic heterocycles. The molecule has 7 heteroatoms. The molecular weight excluding hydrogens is 343 g/mol. The molecule has 1 unspecified atom stereocenters. The second-order valence-corrected chi connectivity index (χ2v) is 6.38. The Morgan fingerprint density at radius 1 is 0.955 bits per heavy atom. The van der Waals surface area contributed by atoms with Crippen LogP contribution in [0.15, 0.2) is 48.5 Å². The molecule has 4 nitrogen and oxygen atoms in total. The quantitative estimate of drug-likeness (QED) is 0.874. The van der Waals surface area contributed by atoms with E-state index in [1.54, 1.807) is 42.5 Å². The fourth-order valence-corrected chi connectivity index (χ4v) is 3.47. The summed E-state index contributed by atoms with van der Waals surface area (Å²) in [6.07, 6.45) is 0. The first kappa shape index (κ1) is 15.2. The number of benzene rings is 2. The smallest absolute Gasteiger partial charge is 0.295 e. The summed E-state index contributed by atoms with van der Waals surface area (Å²) in [7, 11) is 0. The summed E-state index contributed by atoms with van der Waals surface area (Å²) in [5.74, 6) is -0.350. The molecule has 0 spiro atoms. The molecule has 3 rings (SSSR count). The Morgan fingerprint density at radius 3 is 2.23 bits per heavy atom. The predicted octanol–water partition coefficient (Wildman–Crippen LogP) is 4.63. The lowest BCUT2D eigenvalue weighted by atomic mass is 10.3. The van der Waals surface area contributed by atoms with Gasteiger partial charge in [-0.2, -0.15) is 0 Å². The van der Waals surface area contributed by atoms with Crippen LogP contribution in [0.4, 0.5) is 16.2 Å². The highest BCUT2D eigenvalue weighted by atomic mass is 35.5. The minimum Gasteiger partial charge on any atom is -0.363 e. The summed E-state index contributed by atoms with van der Waals surface area (Å²) in [5.41, 5.74) is 0.985. The molecule has 0 saturated carbocycles. The number of nitrogens with zero attached hydrogens (tertiary/aromatic N) is 1. The highest BCUT2D eigenvalue weighted by Gasteiger charge is 2.41. The molecule has 1 atom stereocenters. The van der Waals surface area contributed by atoms with Crippen LogP contribution in [0.3, 0.4) is 0 Å². The summed E-state index contributed by atoms with van der Waals surface area (Å²) in [5, 5.41) is 2.64. The molecule has 1 N–H and O–H groups in total. The third-order valence-electron chi connectivity index (χ3n) is 3.10. The van der Waals surface area contributed by atoms with Crippen molar-refractivity contribution in [2.45, 2.75) is 5.37 Å². The zero-order valence-corrected chi connectivity index (χ0v) is 13.5. The van der Waals surface area contributed by atoms with Gasteiger partial charge < -0.3 is 5.32 Å². The van der Waals surface area contributed by atoms with E-state index in [0.29, 0.717) is 21.4 Å². The summed E-state index contributed by atoms with van der Waals surface area (Å²) in [6.45, 7) is 0. The van der Waals surface area contributed by atoms with Crippen molar-refractivity contribution < 1.29 is 9.59 Å². The van der Waals surface area contributed by atoms with Crippen molar-refractivity contribution in [2.24, 2.45) is 0 Å². The van der Waals surface area contributed by atoms with Gasteiger partial charge in [0.05, 0.1) is 21.4 Å². The number of carbonyl (C=O) groups excluding carboxylic acids is 2. The van der Waals surface area contributed by atoms with Gasteiger partial charge in [0, 0.05) is 0 Å². The van der Waals surface area contributed by atoms with E-state index in [1.807, 2.05) is 6.07 Å². The molecule has 0 aromatic heterocycles. The van der Waals surface area contributed by atoms with Crippen molar-refractivity contribution in [2.75, 3.05) is 10.2 Å². The number of anilines is 2. The largest absolute Gasteiger partial charge is 0.363 e. The summed E-state index contributed by atoms with van der Waals surface area (Å²) < 4.78 is 0. The Kier molecular flexibility index (Phi) is 4.29. The van der Waals surface area contributed by atoms with E-state index >= 15 is 0 Å². The maximum Gasteiger partial charge on any atom is 0.295 e. The van der Waals surface area contributed by atoms with Crippen molar-refractivity contribution in [1.29, 1.82) is 0 Å². The Hall–Kier alpha value is -1.69. The van der Waals surface area contributed by atoms with Gasteiger partial charge in [-0.1, -0.05) is 47.5 Å². The Labute approximate surface area is 141 Å². The van der Waals surface area contributed by atoms with E-state index in [1.165, 1.54) is 0 Å². The summed E-state index contributed by atoms with van der Waals surface area (Å²) in [4.78, 5) is 25.7. The number of nitrogens with one attached hydrogen (secondary N) is 1. The minimum absolute atomic E-state index is 0.336. The van der Waals surface area contributed by atoms with E-state index < -0.39 is 5.37 Å². The Bertz CT molecular complexity index is 719. The fraction of sp³-hybridized carbons (Fsp3) is 0.0667. The van der Waals surface area contributed by atoms with Crippen LogP contribution in [0.25, 0.3) is 0 Å². The first-order valence-corrected chi connectivity index (χ1v) is 8.01. The standard InChI is InChI=1S/C15H10Cl2N2O2S/c16-10-7-4-8-11(17)12(10)18-13-14(20)19(15(21)22-13)9-5-2-1-3-6-9/h1-8,13,18H. The van der Waals surface area contributed by atoms with E-state index in [4.69, 9.17) is 23.2 Å². The number of hydrogen-bond acceptors (Lipinski definition) is 4. The number of carbonyl (C=O) groups is 2. The first-order valence-electron chi connectivity index (χ1n) is 6.38. The van der Waals surface area contributed by atoms with Gasteiger partial charge in [0.1, 0.15) is 0 Å². The van der Waals surface area contributed by atoms with Crippen molar-refractivity contribution in [3.05, 3.63) is 58.6 Å². The maximum absolute atomic E-state index is 12.5. The van der Waals surface area contributed by atoms with Gasteiger partial charge in [-0.15, -0.1) is 0 Å². The zero-order chi connectivity index (χ0) is 15.7. The van der Waals surface area contributed by atoms with E-state index in [2.05, 4.69) is 5.32 Å². The zero-order valence-electron chi connectivity index (χ0n) is 11.1. The van der Waals surface area contributed by atoms with Crippen LogP contribution < -0.4 is 10.2 Å². The number of para-hydroxylation sites is 2. The van der Waals surface area contributed by atoms with Crippen LogP contribution >= 0.6 is 35.0 Å². The third-order valence-corrected chi connectivity index (χ3v) is 4.67. The van der Waals surface area contributed by atoms with Gasteiger partial charge in [0.25, 0.3) is 11.1 Å². The normalized spacial score (nSPS) is 17.9. The average Bonchev–Trinajstić information content (AvgIpc) is 2.78.